The molecule has 1 aliphatic heterocycles. The Labute approximate surface area is 179 Å². The third-order valence-corrected chi connectivity index (χ3v) is 8.44. The molecule has 30 heavy (non-hydrogen) atoms. The van der Waals surface area contributed by atoms with Crippen LogP contribution in [0.25, 0.3) is 0 Å². The molecular weight excluding hydrogens is 396 g/mol. The number of carbonyl (C=O) groups excluding carboxylic acids is 1. The van der Waals surface area contributed by atoms with Gasteiger partial charge < -0.3 is 5.32 Å². The van der Waals surface area contributed by atoms with E-state index in [9.17, 15) is 13.2 Å². The molecule has 0 saturated carbocycles. The number of sulfonamides is 1. The lowest BCUT2D eigenvalue weighted by molar-refractivity contribution is -0.126. The molecule has 1 atom stereocenters. The SMILES string of the molecule is Cc1ccccc1C(C)NC(=O)C1CCN(S(=O)(=O)c2ccc3c(c2)CCC3)CC1. The molecule has 0 spiro atoms. The Morgan fingerprint density at radius 3 is 2.50 bits per heavy atom. The number of nitrogens with one attached hydrogen (secondary N) is 1. The van der Waals surface area contributed by atoms with Crippen molar-refractivity contribution in [1.29, 1.82) is 0 Å². The summed E-state index contributed by atoms with van der Waals surface area (Å²) in [5.74, 6) is -0.136. The van der Waals surface area contributed by atoms with Crippen LogP contribution in [-0.4, -0.2) is 31.7 Å². The first-order chi connectivity index (χ1) is 14.4. The van der Waals surface area contributed by atoms with Crippen molar-refractivity contribution in [3.63, 3.8) is 0 Å². The molecule has 1 saturated heterocycles. The molecule has 1 fully saturated rings. The summed E-state index contributed by atoms with van der Waals surface area (Å²) in [6, 6.07) is 13.5. The van der Waals surface area contributed by atoms with E-state index in [1.807, 2.05) is 50.2 Å². The topological polar surface area (TPSA) is 66.5 Å². The van der Waals surface area contributed by atoms with Crippen LogP contribution in [0.2, 0.25) is 0 Å². The number of amides is 1. The maximum atomic E-state index is 13.1. The average molecular weight is 427 g/mol. The Kier molecular flexibility index (Phi) is 5.98. The molecule has 5 nitrogen and oxygen atoms in total. The summed E-state index contributed by atoms with van der Waals surface area (Å²) in [6.07, 6.45) is 4.20. The zero-order valence-electron chi connectivity index (χ0n) is 17.7. The minimum atomic E-state index is -3.50. The van der Waals surface area contributed by atoms with Crippen molar-refractivity contribution in [2.24, 2.45) is 5.92 Å². The van der Waals surface area contributed by atoms with E-state index in [0.29, 0.717) is 30.8 Å². The smallest absolute Gasteiger partial charge is 0.243 e. The molecule has 2 aromatic carbocycles. The van der Waals surface area contributed by atoms with Gasteiger partial charge in [0.1, 0.15) is 0 Å². The Hall–Kier alpha value is -2.18. The highest BCUT2D eigenvalue weighted by molar-refractivity contribution is 7.89. The van der Waals surface area contributed by atoms with Gasteiger partial charge in [-0.3, -0.25) is 4.79 Å². The fraction of sp³-hybridized carbons (Fsp3) is 0.458. The predicted octanol–water partition coefficient (Wildman–Crippen LogP) is 3.76. The third-order valence-electron chi connectivity index (χ3n) is 6.55. The zero-order valence-corrected chi connectivity index (χ0v) is 18.5. The van der Waals surface area contributed by atoms with Gasteiger partial charge in [-0.25, -0.2) is 8.42 Å². The number of hydrogen-bond acceptors (Lipinski definition) is 3. The van der Waals surface area contributed by atoms with E-state index in [4.69, 9.17) is 0 Å². The first-order valence-electron chi connectivity index (χ1n) is 10.8. The van der Waals surface area contributed by atoms with Gasteiger partial charge in [-0.05, 0) is 80.3 Å². The van der Waals surface area contributed by atoms with E-state index in [2.05, 4.69) is 5.32 Å². The number of aryl methyl sites for hydroxylation is 3. The summed E-state index contributed by atoms with van der Waals surface area (Å²) < 4.78 is 27.7. The van der Waals surface area contributed by atoms with Gasteiger partial charge in [-0.2, -0.15) is 4.31 Å². The van der Waals surface area contributed by atoms with Crippen LogP contribution in [0, 0.1) is 12.8 Å². The second kappa shape index (κ2) is 8.52. The third kappa shape index (κ3) is 4.16. The highest BCUT2D eigenvalue weighted by Crippen LogP contribution is 2.29. The molecule has 2 aliphatic rings. The lowest BCUT2D eigenvalue weighted by Gasteiger charge is -2.31. The standard InChI is InChI=1S/C24H30N2O3S/c1-17-6-3-4-9-23(17)18(2)25-24(27)20-12-14-26(15-13-20)30(28,29)22-11-10-19-7-5-8-21(19)16-22/h3-4,6,9-11,16,18,20H,5,7-8,12-15H2,1-2H3,(H,25,27). The summed E-state index contributed by atoms with van der Waals surface area (Å²) >= 11 is 0. The van der Waals surface area contributed by atoms with Crippen LogP contribution in [0.5, 0.6) is 0 Å². The normalized spacial score (nSPS) is 18.7. The highest BCUT2D eigenvalue weighted by atomic mass is 32.2. The van der Waals surface area contributed by atoms with Gasteiger partial charge in [0.05, 0.1) is 10.9 Å². The molecule has 6 heteroatoms. The van der Waals surface area contributed by atoms with E-state index in [1.165, 1.54) is 9.87 Å². The molecule has 0 bridgehead atoms. The van der Waals surface area contributed by atoms with Gasteiger partial charge in [0.25, 0.3) is 0 Å². The predicted molar refractivity (Wildman–Crippen MR) is 118 cm³/mol. The molecule has 0 radical (unpaired) electrons. The summed E-state index contributed by atoms with van der Waals surface area (Å²) in [5, 5.41) is 3.11. The summed E-state index contributed by atoms with van der Waals surface area (Å²) in [5.41, 5.74) is 4.70. The molecule has 1 N–H and O–H groups in total. The van der Waals surface area contributed by atoms with Crippen molar-refractivity contribution in [3.8, 4) is 0 Å². The minimum absolute atomic E-state index is 0.0142. The highest BCUT2D eigenvalue weighted by Gasteiger charge is 2.33. The van der Waals surface area contributed by atoms with Gasteiger partial charge >= 0.3 is 0 Å². The molecule has 1 amide bonds. The van der Waals surface area contributed by atoms with Gasteiger partial charge in [0.2, 0.25) is 15.9 Å². The van der Waals surface area contributed by atoms with E-state index in [0.717, 1.165) is 36.0 Å². The summed E-state index contributed by atoms with van der Waals surface area (Å²) in [7, 11) is -3.50. The van der Waals surface area contributed by atoms with Crippen molar-refractivity contribution >= 4 is 15.9 Å². The maximum absolute atomic E-state index is 13.1. The van der Waals surface area contributed by atoms with Crippen molar-refractivity contribution in [3.05, 3.63) is 64.7 Å². The molecule has 160 valence electrons. The largest absolute Gasteiger partial charge is 0.349 e. The molecule has 1 heterocycles. The number of hydrogen-bond donors (Lipinski definition) is 1. The average Bonchev–Trinajstić information content (AvgIpc) is 3.22. The molecular formula is C24H30N2O3S. The Morgan fingerprint density at radius 2 is 1.77 bits per heavy atom. The van der Waals surface area contributed by atoms with E-state index >= 15 is 0 Å². The Morgan fingerprint density at radius 1 is 1.07 bits per heavy atom. The number of fused-ring (bicyclic) bond motifs is 1. The van der Waals surface area contributed by atoms with E-state index in [1.54, 1.807) is 6.07 Å². The van der Waals surface area contributed by atoms with E-state index in [-0.39, 0.29) is 17.9 Å². The van der Waals surface area contributed by atoms with Crippen LogP contribution in [0.15, 0.2) is 47.4 Å². The van der Waals surface area contributed by atoms with Crippen LogP contribution in [0.4, 0.5) is 0 Å². The maximum Gasteiger partial charge on any atom is 0.243 e. The van der Waals surface area contributed by atoms with Gasteiger partial charge in [-0.1, -0.05) is 30.3 Å². The number of nitrogens with zero attached hydrogens (tertiary/aromatic N) is 1. The number of benzene rings is 2. The quantitative estimate of drug-likeness (QED) is 0.792. The second-order valence-corrected chi connectivity index (χ2v) is 10.5. The summed E-state index contributed by atoms with van der Waals surface area (Å²) in [4.78, 5) is 13.2. The number of carbonyl (C=O) groups is 1. The van der Waals surface area contributed by atoms with Crippen LogP contribution in [-0.2, 0) is 27.7 Å². The first kappa shape index (κ1) is 21.1. The lowest BCUT2D eigenvalue weighted by Crippen LogP contribution is -2.43. The molecule has 1 unspecified atom stereocenters. The van der Waals surface area contributed by atoms with Crippen molar-refractivity contribution in [1.82, 2.24) is 9.62 Å². The fourth-order valence-electron chi connectivity index (χ4n) is 4.70. The van der Waals surface area contributed by atoms with Crippen LogP contribution < -0.4 is 5.32 Å². The Balaban J connectivity index is 1.37. The first-order valence-corrected chi connectivity index (χ1v) is 12.3. The van der Waals surface area contributed by atoms with E-state index < -0.39 is 10.0 Å². The second-order valence-electron chi connectivity index (χ2n) is 8.55. The Bertz CT molecular complexity index is 1040. The zero-order chi connectivity index (χ0) is 21.3. The fourth-order valence-corrected chi connectivity index (χ4v) is 6.22. The van der Waals surface area contributed by atoms with Crippen LogP contribution >= 0.6 is 0 Å². The van der Waals surface area contributed by atoms with Gasteiger partial charge in [-0.15, -0.1) is 0 Å². The molecule has 4 rings (SSSR count). The van der Waals surface area contributed by atoms with Crippen molar-refractivity contribution < 1.29 is 13.2 Å². The molecule has 2 aromatic rings. The lowest BCUT2D eigenvalue weighted by atomic mass is 9.96. The summed E-state index contributed by atoms with van der Waals surface area (Å²) in [6.45, 7) is 4.81. The van der Waals surface area contributed by atoms with Crippen LogP contribution in [0.1, 0.15) is 54.5 Å². The molecule has 1 aliphatic carbocycles. The van der Waals surface area contributed by atoms with Crippen molar-refractivity contribution in [2.75, 3.05) is 13.1 Å². The van der Waals surface area contributed by atoms with Gasteiger partial charge in [0, 0.05) is 19.0 Å². The van der Waals surface area contributed by atoms with Crippen molar-refractivity contribution in [2.45, 2.75) is 56.9 Å². The minimum Gasteiger partial charge on any atom is -0.349 e. The number of piperidine rings is 1. The van der Waals surface area contributed by atoms with Crippen LogP contribution in [0.3, 0.4) is 0 Å². The monoisotopic (exact) mass is 426 g/mol. The molecule has 0 aromatic heterocycles. The number of rotatable bonds is 5. The van der Waals surface area contributed by atoms with Gasteiger partial charge in [0.15, 0.2) is 0 Å².